The summed E-state index contributed by atoms with van der Waals surface area (Å²) in [5.74, 6) is -6.17. The zero-order valence-corrected chi connectivity index (χ0v) is 18.2. The second-order valence-electron chi connectivity index (χ2n) is 8.75. The summed E-state index contributed by atoms with van der Waals surface area (Å²) in [6.07, 6.45) is -0.0565. The molecule has 2 atom stereocenters. The largest absolute Gasteiger partial charge is 0.598 e. The fraction of sp³-hybridized carbons (Fsp3) is 0.600. The van der Waals surface area contributed by atoms with Crippen LogP contribution in [0, 0.1) is 17.6 Å². The first-order valence-corrected chi connectivity index (χ1v) is 10.4. The van der Waals surface area contributed by atoms with Gasteiger partial charge in [-0.05, 0) is 46.6 Å². The molecule has 6 nitrogen and oxygen atoms in total. The van der Waals surface area contributed by atoms with Crippen molar-refractivity contribution in [3.05, 3.63) is 35.4 Å². The molecule has 1 heterocycles. The van der Waals surface area contributed by atoms with E-state index in [1.54, 1.807) is 27.7 Å². The van der Waals surface area contributed by atoms with E-state index < -0.39 is 56.9 Å². The lowest BCUT2D eigenvalue weighted by Crippen LogP contribution is -2.51. The molecule has 1 fully saturated rings. The lowest BCUT2D eigenvalue weighted by atomic mass is 9.85. The number of esters is 2. The van der Waals surface area contributed by atoms with Gasteiger partial charge in [-0.2, -0.15) is 0 Å². The van der Waals surface area contributed by atoms with Crippen molar-refractivity contribution < 1.29 is 32.4 Å². The Morgan fingerprint density at radius 2 is 1.69 bits per heavy atom. The van der Waals surface area contributed by atoms with Gasteiger partial charge in [0.2, 0.25) is 0 Å². The van der Waals surface area contributed by atoms with Crippen molar-refractivity contribution in [3.8, 4) is 0 Å². The predicted octanol–water partition coefficient (Wildman–Crippen LogP) is 3.46. The van der Waals surface area contributed by atoms with Crippen LogP contribution in [0.5, 0.6) is 0 Å². The molecule has 0 spiro atoms. The van der Waals surface area contributed by atoms with E-state index >= 15 is 0 Å². The third-order valence-corrected chi connectivity index (χ3v) is 6.36. The van der Waals surface area contributed by atoms with Crippen molar-refractivity contribution in [3.63, 3.8) is 0 Å². The second-order valence-corrected chi connectivity index (χ2v) is 10.7. The van der Waals surface area contributed by atoms with Crippen molar-refractivity contribution in [2.75, 3.05) is 0 Å². The fourth-order valence-electron chi connectivity index (χ4n) is 2.94. The van der Waals surface area contributed by atoms with Crippen LogP contribution in [0.4, 0.5) is 8.78 Å². The lowest BCUT2D eigenvalue weighted by Gasteiger charge is -2.37. The average molecular weight is 432 g/mol. The molecule has 1 N–H and O–H groups in total. The summed E-state index contributed by atoms with van der Waals surface area (Å²) in [5, 5.41) is 0. The zero-order valence-electron chi connectivity index (χ0n) is 17.4. The van der Waals surface area contributed by atoms with Crippen molar-refractivity contribution in [2.45, 2.75) is 70.5 Å². The summed E-state index contributed by atoms with van der Waals surface area (Å²) in [5.41, 5.74) is -1.37. The quantitative estimate of drug-likeness (QED) is 0.422. The van der Waals surface area contributed by atoms with Crippen LogP contribution in [-0.2, 0) is 36.0 Å². The van der Waals surface area contributed by atoms with E-state index in [1.165, 1.54) is 26.0 Å². The fourth-order valence-corrected chi connectivity index (χ4v) is 3.87. The molecular weight excluding hydrogens is 404 g/mol. The van der Waals surface area contributed by atoms with Crippen LogP contribution >= 0.6 is 0 Å². The minimum absolute atomic E-state index is 0.00445. The van der Waals surface area contributed by atoms with Gasteiger partial charge < -0.3 is 14.0 Å². The Labute approximate surface area is 172 Å². The molecule has 0 saturated carbocycles. The normalized spacial score (nSPS) is 20.6. The molecule has 1 aliphatic rings. The first kappa shape index (κ1) is 23.6. The van der Waals surface area contributed by atoms with E-state index in [0.717, 1.165) is 6.07 Å². The summed E-state index contributed by atoms with van der Waals surface area (Å²) in [6.45, 7) is 9.64. The number of ether oxygens (including phenoxy) is 2. The third kappa shape index (κ3) is 5.46. The minimum atomic E-state index is -1.63. The second kappa shape index (κ2) is 8.20. The summed E-state index contributed by atoms with van der Waals surface area (Å²) < 4.78 is 53.5. The highest BCUT2D eigenvalue weighted by molar-refractivity contribution is 7.90. The van der Waals surface area contributed by atoms with E-state index in [9.17, 15) is 22.9 Å². The number of hydrogen-bond donors (Lipinski definition) is 1. The maximum absolute atomic E-state index is 14.6. The number of carbonyl (C=O) groups excluding carboxylic acids is 2. The van der Waals surface area contributed by atoms with Gasteiger partial charge in [-0.1, -0.05) is 12.1 Å². The highest BCUT2D eigenvalue weighted by atomic mass is 32.2. The SMILES string of the molecule is CC1(C)OC(=O)C(CCC(C)(N[S+]([O-])C(C)(C)C)c2cccc(F)c2F)C(=O)O1. The van der Waals surface area contributed by atoms with Crippen LogP contribution in [0.2, 0.25) is 0 Å². The van der Waals surface area contributed by atoms with Gasteiger partial charge >= 0.3 is 11.9 Å². The van der Waals surface area contributed by atoms with Crippen molar-refractivity contribution in [1.82, 2.24) is 4.72 Å². The average Bonchev–Trinajstić information content (AvgIpc) is 2.54. The lowest BCUT2D eigenvalue weighted by molar-refractivity contribution is -0.240. The predicted molar refractivity (Wildman–Crippen MR) is 104 cm³/mol. The molecule has 1 aliphatic heterocycles. The first-order valence-electron chi connectivity index (χ1n) is 9.26. The zero-order chi connectivity index (χ0) is 22.2. The number of benzene rings is 1. The number of rotatable bonds is 6. The summed E-state index contributed by atoms with van der Waals surface area (Å²) in [7, 11) is 0. The highest BCUT2D eigenvalue weighted by Crippen LogP contribution is 2.35. The van der Waals surface area contributed by atoms with Crippen LogP contribution in [-0.4, -0.2) is 27.0 Å². The molecular formula is C20H27F2NO5S. The van der Waals surface area contributed by atoms with Crippen LogP contribution < -0.4 is 4.72 Å². The molecule has 162 valence electrons. The molecule has 0 aliphatic carbocycles. The van der Waals surface area contributed by atoms with Crippen LogP contribution in [0.3, 0.4) is 0 Å². The number of nitrogens with one attached hydrogen (secondary N) is 1. The first-order chi connectivity index (χ1) is 13.2. The Morgan fingerprint density at radius 1 is 1.14 bits per heavy atom. The van der Waals surface area contributed by atoms with Gasteiger partial charge in [0.15, 0.2) is 17.6 Å². The van der Waals surface area contributed by atoms with E-state index in [1.807, 2.05) is 0 Å². The van der Waals surface area contributed by atoms with Gasteiger partial charge in [-0.15, -0.1) is 4.72 Å². The van der Waals surface area contributed by atoms with E-state index in [0.29, 0.717) is 0 Å². The molecule has 1 saturated heterocycles. The molecule has 2 rings (SSSR count). The standard InChI is InChI=1S/C20H27F2NO5S/c1-18(2,3)29(26)23-20(6,13-8-7-9-14(21)15(13)22)11-10-12-16(24)27-19(4,5)28-17(12)25/h7-9,12,23H,10-11H2,1-6H3. The molecule has 0 aromatic heterocycles. The Balaban J connectivity index is 2.32. The van der Waals surface area contributed by atoms with Crippen LogP contribution in [0.1, 0.15) is 59.9 Å². The third-order valence-electron chi connectivity index (χ3n) is 4.62. The number of halogens is 2. The highest BCUT2D eigenvalue weighted by Gasteiger charge is 2.46. The Hall–Kier alpha value is -1.71. The molecule has 0 radical (unpaired) electrons. The maximum atomic E-state index is 14.6. The van der Waals surface area contributed by atoms with Gasteiger partial charge in [0.05, 0.1) is 5.54 Å². The molecule has 1 aromatic rings. The Bertz CT molecular complexity index is 776. The monoisotopic (exact) mass is 431 g/mol. The molecule has 2 unspecified atom stereocenters. The molecule has 0 bridgehead atoms. The minimum Gasteiger partial charge on any atom is -0.598 e. The van der Waals surface area contributed by atoms with Gasteiger partial charge in [0, 0.05) is 30.8 Å². The Kier molecular flexibility index (Phi) is 6.66. The molecule has 1 aromatic carbocycles. The van der Waals surface area contributed by atoms with Crippen LogP contribution in [0.15, 0.2) is 18.2 Å². The Morgan fingerprint density at radius 3 is 2.21 bits per heavy atom. The van der Waals surface area contributed by atoms with E-state index in [-0.39, 0.29) is 18.4 Å². The van der Waals surface area contributed by atoms with Crippen molar-refractivity contribution in [2.24, 2.45) is 5.92 Å². The van der Waals surface area contributed by atoms with Crippen molar-refractivity contribution in [1.29, 1.82) is 0 Å². The van der Waals surface area contributed by atoms with Gasteiger partial charge in [-0.25, -0.2) is 8.78 Å². The molecule has 29 heavy (non-hydrogen) atoms. The van der Waals surface area contributed by atoms with Crippen molar-refractivity contribution >= 4 is 23.3 Å². The maximum Gasteiger partial charge on any atom is 0.323 e. The van der Waals surface area contributed by atoms with Crippen LogP contribution in [0.25, 0.3) is 0 Å². The summed E-state index contributed by atoms with van der Waals surface area (Å²) >= 11 is -1.63. The van der Waals surface area contributed by atoms with Gasteiger partial charge in [0.25, 0.3) is 5.79 Å². The summed E-state index contributed by atoms with van der Waals surface area (Å²) in [4.78, 5) is 24.5. The van der Waals surface area contributed by atoms with Gasteiger partial charge in [-0.3, -0.25) is 9.59 Å². The van der Waals surface area contributed by atoms with Gasteiger partial charge in [0.1, 0.15) is 4.75 Å². The molecule has 0 amide bonds. The molecule has 9 heteroatoms. The summed E-state index contributed by atoms with van der Waals surface area (Å²) in [6, 6.07) is 3.71. The van der Waals surface area contributed by atoms with E-state index in [4.69, 9.17) is 9.47 Å². The van der Waals surface area contributed by atoms with E-state index in [2.05, 4.69) is 4.72 Å². The topological polar surface area (TPSA) is 87.7 Å². The smallest absolute Gasteiger partial charge is 0.323 e. The number of carbonyl (C=O) groups is 2. The number of cyclic esters (lactones) is 2. The number of hydrogen-bond acceptors (Lipinski definition) is 6.